The number of rotatable bonds is 9. The second-order valence-electron chi connectivity index (χ2n) is 6.39. The number of benzene rings is 1. The maximum Gasteiger partial charge on any atom is 0.250 e. The lowest BCUT2D eigenvalue weighted by Gasteiger charge is -2.29. The number of para-hydroxylation sites is 1. The fourth-order valence-electron chi connectivity index (χ4n) is 2.38. The average molecular weight is 429 g/mol. The number of hydrogen-bond donors (Lipinski definition) is 1. The number of carbonyl (C=O) groups is 1. The number of hydrogen-bond acceptors (Lipinski definition) is 7. The largest absolute Gasteiger partial charge is 0.299 e. The summed E-state index contributed by atoms with van der Waals surface area (Å²) in [5.74, 6) is 1.01. The van der Waals surface area contributed by atoms with Gasteiger partial charge in [-0.25, -0.2) is 8.42 Å². The molecule has 0 radical (unpaired) electrons. The van der Waals surface area contributed by atoms with Crippen molar-refractivity contribution in [1.29, 1.82) is 0 Å². The maximum absolute atomic E-state index is 12.8. The van der Waals surface area contributed by atoms with Crippen LogP contribution in [0.25, 0.3) is 0 Å². The van der Waals surface area contributed by atoms with Crippen molar-refractivity contribution in [3.63, 3.8) is 0 Å². The highest BCUT2D eigenvalue weighted by molar-refractivity contribution is 8.01. The van der Waals surface area contributed by atoms with E-state index in [2.05, 4.69) is 29.4 Å². The monoisotopic (exact) mass is 428 g/mol. The normalized spacial score (nSPS) is 12.8. The summed E-state index contributed by atoms with van der Waals surface area (Å²) < 4.78 is 26.6. The van der Waals surface area contributed by atoms with Gasteiger partial charge < -0.3 is 0 Å². The number of nitrogens with one attached hydrogen (secondary N) is 1. The van der Waals surface area contributed by atoms with Gasteiger partial charge in [-0.05, 0) is 24.5 Å². The minimum absolute atomic E-state index is 0.321. The van der Waals surface area contributed by atoms with Crippen molar-refractivity contribution in [1.82, 2.24) is 10.2 Å². The van der Waals surface area contributed by atoms with E-state index in [0.717, 1.165) is 20.7 Å². The summed E-state index contributed by atoms with van der Waals surface area (Å²) in [5, 5.41) is 11.1. The first kappa shape index (κ1) is 21.6. The molecule has 0 aliphatic heterocycles. The molecule has 1 N–H and O–H groups in total. The molecule has 1 atom stereocenters. The number of anilines is 2. The molecule has 0 spiro atoms. The zero-order chi connectivity index (χ0) is 20.0. The van der Waals surface area contributed by atoms with Crippen molar-refractivity contribution in [2.75, 3.05) is 21.6 Å². The van der Waals surface area contributed by atoms with Crippen molar-refractivity contribution in [3.8, 4) is 0 Å². The highest BCUT2D eigenvalue weighted by Gasteiger charge is 2.31. The Morgan fingerprint density at radius 2 is 1.93 bits per heavy atom. The highest BCUT2D eigenvalue weighted by Crippen LogP contribution is 2.28. The van der Waals surface area contributed by atoms with E-state index in [1.807, 2.05) is 0 Å². The van der Waals surface area contributed by atoms with Crippen LogP contribution in [-0.2, 0) is 14.8 Å². The summed E-state index contributed by atoms with van der Waals surface area (Å²) in [5.41, 5.74) is 0.451. The number of amides is 1. The van der Waals surface area contributed by atoms with Gasteiger partial charge in [0.1, 0.15) is 6.04 Å². The fraction of sp³-hybridized carbons (Fsp3) is 0.471. The summed E-state index contributed by atoms with van der Waals surface area (Å²) >= 11 is 2.87. The van der Waals surface area contributed by atoms with Crippen LogP contribution < -0.4 is 9.62 Å². The number of aromatic nitrogens is 2. The third-order valence-corrected chi connectivity index (χ3v) is 7.10. The van der Waals surface area contributed by atoms with Crippen LogP contribution in [0.5, 0.6) is 0 Å². The quantitative estimate of drug-likeness (QED) is 0.486. The van der Waals surface area contributed by atoms with E-state index < -0.39 is 22.0 Å². The maximum atomic E-state index is 12.8. The Morgan fingerprint density at radius 1 is 1.26 bits per heavy atom. The molecule has 1 heterocycles. The van der Waals surface area contributed by atoms with E-state index in [1.165, 1.54) is 11.3 Å². The molecule has 27 heavy (non-hydrogen) atoms. The fourth-order valence-corrected chi connectivity index (χ4v) is 5.32. The molecule has 0 unspecified atom stereocenters. The van der Waals surface area contributed by atoms with Gasteiger partial charge in [-0.2, -0.15) is 0 Å². The third-order valence-electron chi connectivity index (χ3n) is 3.52. The molecule has 1 aromatic heterocycles. The highest BCUT2D eigenvalue weighted by atomic mass is 32.2. The minimum atomic E-state index is -3.64. The lowest BCUT2D eigenvalue weighted by molar-refractivity contribution is -0.117. The van der Waals surface area contributed by atoms with Crippen molar-refractivity contribution in [2.24, 2.45) is 5.92 Å². The van der Waals surface area contributed by atoms with Gasteiger partial charge in [0.2, 0.25) is 21.1 Å². The van der Waals surface area contributed by atoms with Crippen molar-refractivity contribution >= 4 is 49.8 Å². The topological polar surface area (TPSA) is 92.3 Å². The second kappa shape index (κ2) is 9.52. The zero-order valence-corrected chi connectivity index (χ0v) is 18.2. The van der Waals surface area contributed by atoms with Crippen LogP contribution >= 0.6 is 23.1 Å². The first-order valence-corrected chi connectivity index (χ1v) is 12.2. The Kier molecular flexibility index (Phi) is 7.63. The molecule has 0 bridgehead atoms. The second-order valence-corrected chi connectivity index (χ2v) is 10.5. The van der Waals surface area contributed by atoms with E-state index >= 15 is 0 Å². The van der Waals surface area contributed by atoms with Crippen LogP contribution in [0.4, 0.5) is 10.8 Å². The van der Waals surface area contributed by atoms with Crippen LogP contribution in [0.3, 0.4) is 0 Å². The molecular weight excluding hydrogens is 404 g/mol. The summed E-state index contributed by atoms with van der Waals surface area (Å²) in [4.78, 5) is 12.8. The van der Waals surface area contributed by atoms with Gasteiger partial charge in [-0.3, -0.25) is 14.4 Å². The van der Waals surface area contributed by atoms with Gasteiger partial charge in [0, 0.05) is 5.75 Å². The zero-order valence-electron chi connectivity index (χ0n) is 15.7. The van der Waals surface area contributed by atoms with E-state index in [-0.39, 0.29) is 0 Å². The number of carbonyl (C=O) groups excluding carboxylic acids is 1. The Morgan fingerprint density at radius 3 is 2.48 bits per heavy atom. The minimum Gasteiger partial charge on any atom is -0.299 e. The van der Waals surface area contributed by atoms with Crippen LogP contribution in [-0.4, -0.2) is 42.6 Å². The molecule has 10 heteroatoms. The SMILES string of the molecule is CC[C@@H](C(=O)Nc1nnc(SCC(C)C)s1)N(c1ccccc1)S(C)(=O)=O. The molecule has 0 saturated carbocycles. The molecule has 0 aliphatic rings. The molecule has 148 valence electrons. The summed E-state index contributed by atoms with van der Waals surface area (Å²) in [6, 6.07) is 7.73. The molecule has 1 aromatic carbocycles. The predicted octanol–water partition coefficient (Wildman–Crippen LogP) is 3.47. The van der Waals surface area contributed by atoms with Crippen LogP contribution in [0.1, 0.15) is 27.2 Å². The van der Waals surface area contributed by atoms with E-state index in [4.69, 9.17) is 0 Å². The van der Waals surface area contributed by atoms with Crippen molar-refractivity contribution in [2.45, 2.75) is 37.6 Å². The van der Waals surface area contributed by atoms with Gasteiger partial charge >= 0.3 is 0 Å². The molecule has 0 saturated heterocycles. The molecule has 0 fully saturated rings. The van der Waals surface area contributed by atoms with Crippen LogP contribution in [0, 0.1) is 5.92 Å². The summed E-state index contributed by atoms with van der Waals surface area (Å²) in [6.07, 6.45) is 1.42. The Balaban J connectivity index is 2.19. The first-order valence-electron chi connectivity index (χ1n) is 8.54. The molecule has 0 aliphatic carbocycles. The standard InChI is InChI=1S/C17H24N4O3S3/c1-5-14(21(27(4,23)24)13-9-7-6-8-10-13)15(22)18-16-19-20-17(26-16)25-11-12(2)3/h6-10,12,14H,5,11H2,1-4H3,(H,18,19,22)/t14-/m0/s1. The summed E-state index contributed by atoms with van der Waals surface area (Å²) in [7, 11) is -3.64. The van der Waals surface area contributed by atoms with E-state index in [1.54, 1.807) is 49.0 Å². The number of thioether (sulfide) groups is 1. The molecule has 2 aromatic rings. The Bertz CT molecular complexity index is 853. The van der Waals surface area contributed by atoms with Gasteiger partial charge in [0.05, 0.1) is 11.9 Å². The van der Waals surface area contributed by atoms with Crippen LogP contribution in [0.2, 0.25) is 0 Å². The smallest absolute Gasteiger partial charge is 0.250 e. The third kappa shape index (κ3) is 6.18. The summed E-state index contributed by atoms with van der Waals surface area (Å²) in [6.45, 7) is 6.01. The molecule has 2 rings (SSSR count). The van der Waals surface area contributed by atoms with E-state index in [0.29, 0.717) is 23.2 Å². The molecule has 1 amide bonds. The lowest BCUT2D eigenvalue weighted by atomic mass is 10.2. The molecule has 7 nitrogen and oxygen atoms in total. The lowest BCUT2D eigenvalue weighted by Crippen LogP contribution is -2.46. The first-order chi connectivity index (χ1) is 12.7. The Labute approximate surface area is 168 Å². The Hall–Kier alpha value is -1.65. The number of nitrogens with zero attached hydrogens (tertiary/aromatic N) is 3. The van der Waals surface area contributed by atoms with Gasteiger partial charge in [0.15, 0.2) is 4.34 Å². The van der Waals surface area contributed by atoms with Gasteiger partial charge in [-0.1, -0.05) is 62.1 Å². The van der Waals surface area contributed by atoms with Gasteiger partial charge in [-0.15, -0.1) is 10.2 Å². The van der Waals surface area contributed by atoms with E-state index in [9.17, 15) is 13.2 Å². The average Bonchev–Trinajstić information content (AvgIpc) is 3.04. The van der Waals surface area contributed by atoms with Crippen LogP contribution in [0.15, 0.2) is 34.7 Å². The molecular formula is C17H24N4O3S3. The van der Waals surface area contributed by atoms with Crippen molar-refractivity contribution < 1.29 is 13.2 Å². The predicted molar refractivity (Wildman–Crippen MR) is 112 cm³/mol. The van der Waals surface area contributed by atoms with Crippen molar-refractivity contribution in [3.05, 3.63) is 30.3 Å². The number of sulfonamides is 1. The van der Waals surface area contributed by atoms with Gasteiger partial charge in [0.25, 0.3) is 0 Å².